The molecule has 4 heterocycles. The van der Waals surface area contributed by atoms with Gasteiger partial charge in [0.25, 0.3) is 0 Å². The minimum atomic E-state index is -4.57. The quantitative estimate of drug-likeness (QED) is 0.155. The zero-order valence-electron chi connectivity index (χ0n) is 22.5. The van der Waals surface area contributed by atoms with Gasteiger partial charge in [-0.2, -0.15) is 25.3 Å². The molecule has 231 valence electrons. The second-order valence-corrected chi connectivity index (χ2v) is 8.46. The molecule has 0 unspecified atom stereocenters. The maximum Gasteiger partial charge on any atom is 0.429 e. The van der Waals surface area contributed by atoms with Crippen LogP contribution in [0.1, 0.15) is 5.82 Å². The van der Waals surface area contributed by atoms with E-state index in [9.17, 15) is 30.7 Å². The van der Waals surface area contributed by atoms with E-state index in [4.69, 9.17) is 0 Å². The van der Waals surface area contributed by atoms with Crippen molar-refractivity contribution in [2.45, 2.75) is 6.18 Å². The van der Waals surface area contributed by atoms with Gasteiger partial charge in [0.1, 0.15) is 5.82 Å². The second kappa shape index (κ2) is 14.7. The van der Waals surface area contributed by atoms with Crippen LogP contribution in [0.3, 0.4) is 0 Å². The first kappa shape index (κ1) is 33.8. The zero-order valence-corrected chi connectivity index (χ0v) is 24.9. The van der Waals surface area contributed by atoms with E-state index in [-0.39, 0.29) is 43.0 Å². The predicted octanol–water partition coefficient (Wildman–Crippen LogP) is 3.87. The van der Waals surface area contributed by atoms with Crippen molar-refractivity contribution < 1.29 is 60.0 Å². The summed E-state index contributed by atoms with van der Waals surface area (Å²) in [5.74, 6) is -3.95. The van der Waals surface area contributed by atoms with E-state index in [1.54, 1.807) is 60.1 Å². The number of halogens is 7. The molecular formula is C28H18F7IrN8-3. The molecule has 6 rings (SSSR count). The number of alkyl halides is 3. The number of pyridine rings is 1. The van der Waals surface area contributed by atoms with Crippen molar-refractivity contribution in [2.75, 3.05) is 0 Å². The van der Waals surface area contributed by atoms with E-state index in [2.05, 4.69) is 45.0 Å². The number of hydrogen-bond donors (Lipinski definition) is 0. The fourth-order valence-electron chi connectivity index (χ4n) is 3.26. The summed E-state index contributed by atoms with van der Waals surface area (Å²) in [7, 11) is 3.52. The van der Waals surface area contributed by atoms with Crippen LogP contribution in [-0.4, -0.2) is 24.2 Å². The largest absolute Gasteiger partial charge is 0.429 e. The van der Waals surface area contributed by atoms with Gasteiger partial charge in [-0.25, -0.2) is 0 Å². The first-order valence-electron chi connectivity index (χ1n) is 11.9. The van der Waals surface area contributed by atoms with Crippen LogP contribution in [0.25, 0.3) is 22.9 Å². The Labute approximate surface area is 259 Å². The Hall–Kier alpha value is -4.69. The van der Waals surface area contributed by atoms with Gasteiger partial charge < -0.3 is 28.4 Å². The number of benzene rings is 2. The van der Waals surface area contributed by atoms with Gasteiger partial charge in [0.05, 0.1) is 19.8 Å². The molecule has 0 N–H and O–H groups in total. The summed E-state index contributed by atoms with van der Waals surface area (Å²) >= 11 is 0. The average molecular weight is 792 g/mol. The van der Waals surface area contributed by atoms with Gasteiger partial charge in [-0.1, -0.05) is 6.07 Å². The molecule has 0 bridgehead atoms. The molecule has 0 spiro atoms. The fourth-order valence-corrected chi connectivity index (χ4v) is 3.26. The van der Waals surface area contributed by atoms with E-state index >= 15 is 0 Å². The third kappa shape index (κ3) is 8.91. The summed E-state index contributed by atoms with van der Waals surface area (Å²) in [6.07, 6.45) is 9.10. The third-order valence-electron chi connectivity index (χ3n) is 5.17. The van der Waals surface area contributed by atoms with Crippen LogP contribution in [0.2, 0.25) is 0 Å². The van der Waals surface area contributed by atoms with Crippen LogP contribution in [0.4, 0.5) is 30.7 Å². The Balaban J connectivity index is 0.000000178. The molecule has 0 aliphatic heterocycles. The van der Waals surface area contributed by atoms with E-state index < -0.39 is 35.3 Å². The summed E-state index contributed by atoms with van der Waals surface area (Å²) in [5.41, 5.74) is 0.583. The number of nitrogens with zero attached hydrogens (tertiary/aromatic N) is 8. The number of rotatable bonds is 3. The summed E-state index contributed by atoms with van der Waals surface area (Å²) in [4.78, 5) is 7.05. The summed E-state index contributed by atoms with van der Waals surface area (Å²) in [5, 5.41) is 6.25. The van der Waals surface area contributed by atoms with Gasteiger partial charge in [0.2, 0.25) is 12.7 Å². The summed E-state index contributed by atoms with van der Waals surface area (Å²) in [6, 6.07) is 13.6. The molecule has 0 aliphatic rings. The van der Waals surface area contributed by atoms with Crippen molar-refractivity contribution in [1.29, 1.82) is 0 Å². The van der Waals surface area contributed by atoms with Gasteiger partial charge in [-0.15, -0.1) is 24.3 Å². The van der Waals surface area contributed by atoms with Crippen LogP contribution in [0, 0.1) is 48.1 Å². The van der Waals surface area contributed by atoms with Gasteiger partial charge in [0.15, 0.2) is 0 Å². The molecular weight excluding hydrogens is 774 g/mol. The first-order valence-corrected chi connectivity index (χ1v) is 11.9. The minimum Gasteiger partial charge on any atom is -0.413 e. The normalized spacial score (nSPS) is 10.7. The van der Waals surface area contributed by atoms with Crippen molar-refractivity contribution in [1.82, 2.24) is 29.3 Å². The summed E-state index contributed by atoms with van der Waals surface area (Å²) < 4.78 is 94.1. The molecule has 16 heteroatoms. The monoisotopic (exact) mass is 792 g/mol. The van der Waals surface area contributed by atoms with Crippen LogP contribution in [-0.2, 0) is 40.4 Å². The van der Waals surface area contributed by atoms with Crippen molar-refractivity contribution in [3.63, 3.8) is 0 Å². The van der Waals surface area contributed by atoms with Crippen molar-refractivity contribution in [2.24, 2.45) is 14.1 Å². The van der Waals surface area contributed by atoms with Crippen LogP contribution in [0.5, 0.6) is 0 Å². The minimum absolute atomic E-state index is 0. The van der Waals surface area contributed by atoms with Gasteiger partial charge in [-0.3, -0.25) is 27.6 Å². The molecule has 1 radical (unpaired) electrons. The van der Waals surface area contributed by atoms with Crippen LogP contribution >= 0.6 is 0 Å². The maximum atomic E-state index is 13.2. The summed E-state index contributed by atoms with van der Waals surface area (Å²) in [6.45, 7) is 0. The van der Waals surface area contributed by atoms with Gasteiger partial charge in [-0.05, 0) is 29.3 Å². The smallest absolute Gasteiger partial charge is 0.413 e. The molecule has 0 saturated carbocycles. The molecule has 0 fully saturated rings. The van der Waals surface area contributed by atoms with Crippen LogP contribution < -0.4 is 14.2 Å². The molecule has 0 aliphatic carbocycles. The Morgan fingerprint density at radius 3 is 1.70 bits per heavy atom. The number of aromatic nitrogens is 8. The Morgan fingerprint density at radius 1 is 0.818 bits per heavy atom. The Kier molecular flexibility index (Phi) is 11.3. The Bertz CT molecular complexity index is 1710. The molecule has 6 aromatic rings. The number of aryl methyl sites for hydroxylation is 2. The van der Waals surface area contributed by atoms with E-state index in [1.165, 1.54) is 21.4 Å². The van der Waals surface area contributed by atoms with Gasteiger partial charge >= 0.3 is 6.18 Å². The molecule has 0 atom stereocenters. The topological polar surface area (TPSA) is 70.4 Å². The predicted molar refractivity (Wildman–Crippen MR) is 133 cm³/mol. The zero-order chi connectivity index (χ0) is 31.1. The molecule has 4 aromatic heterocycles. The SMILES string of the molecule is C[n+]1[c-]n(-c2[c-]cc(F)cc2F)cc1.C[n+]1[c-]n(-c2[c-]cc(F)cc2F)cc1.FC(F)(F)c1n[n-]c(-c2ccccn2)n1.[Ir]. The van der Waals surface area contributed by atoms with Gasteiger partial charge in [0, 0.05) is 74.4 Å². The van der Waals surface area contributed by atoms with Crippen LogP contribution in [0.15, 0.2) is 73.4 Å². The molecule has 0 saturated heterocycles. The van der Waals surface area contributed by atoms with Crippen molar-refractivity contribution in [3.8, 4) is 22.9 Å². The molecule has 44 heavy (non-hydrogen) atoms. The molecule has 0 amide bonds. The number of imidazole rings is 2. The second-order valence-electron chi connectivity index (χ2n) is 8.46. The third-order valence-corrected chi connectivity index (χ3v) is 5.17. The first-order chi connectivity index (χ1) is 20.4. The average Bonchev–Trinajstić information content (AvgIpc) is 3.71. The number of hydrogen-bond acceptors (Lipinski definition) is 3. The van der Waals surface area contributed by atoms with E-state index in [1.807, 2.05) is 0 Å². The standard InChI is InChI=1S/2C10H7F2N2.C8H4F3N4.Ir/c2*1-13-4-5-14(7-13)10-3-2-8(11)6-9(10)12;9-8(10,11)7-13-6(14-15-7)5-3-1-2-4-12-5;/h2*2,4-6H,1H3;1-4H;/q3*-1;. The maximum absolute atomic E-state index is 13.2. The van der Waals surface area contributed by atoms with E-state index in [0.717, 1.165) is 24.3 Å². The molecule has 2 aromatic carbocycles. The van der Waals surface area contributed by atoms with Crippen molar-refractivity contribution >= 4 is 0 Å². The fraction of sp³-hybridized carbons (Fsp3) is 0.107. The van der Waals surface area contributed by atoms with E-state index in [0.29, 0.717) is 0 Å². The van der Waals surface area contributed by atoms with Crippen molar-refractivity contribution in [3.05, 3.63) is 127 Å². The Morgan fingerprint density at radius 2 is 1.34 bits per heavy atom. The molecule has 8 nitrogen and oxygen atoms in total.